The van der Waals surface area contributed by atoms with Crippen LogP contribution in [0.25, 0.3) is 0 Å². The molecule has 0 atom stereocenters. The second-order valence-corrected chi connectivity index (χ2v) is 4.73. The first-order valence-corrected chi connectivity index (χ1v) is 5.44. The van der Waals surface area contributed by atoms with Crippen molar-refractivity contribution in [1.29, 1.82) is 0 Å². The van der Waals surface area contributed by atoms with Crippen LogP contribution < -0.4 is 0 Å². The largest absolute Gasteiger partial charge is 0.605 e. The molecule has 0 bridgehead atoms. The Morgan fingerprint density at radius 1 is 1.20 bits per heavy atom. The molecule has 1 amide bonds. The fraction of sp³-hybridized carbons (Fsp3) is 0. The second-order valence-electron chi connectivity index (χ2n) is 2.95. The van der Waals surface area contributed by atoms with Gasteiger partial charge in [-0.15, -0.1) is 0 Å². The Labute approximate surface area is 86.0 Å². The van der Waals surface area contributed by atoms with Crippen LogP contribution in [0.3, 0.4) is 0 Å². The lowest BCUT2D eigenvalue weighted by atomic mass is 10.1. The minimum Gasteiger partial charge on any atom is -0.407 e. The molecule has 1 aromatic carbocycles. The van der Waals surface area contributed by atoms with Crippen LogP contribution in [-0.2, 0) is 10.0 Å². The smallest absolute Gasteiger partial charge is 0.407 e. The first-order valence-electron chi connectivity index (χ1n) is 4.00. The van der Waals surface area contributed by atoms with Crippen molar-refractivity contribution >= 4 is 23.2 Å². The van der Waals surface area contributed by atoms with E-state index in [0.717, 1.165) is 0 Å². The molecule has 0 aromatic heterocycles. The highest BCUT2D eigenvalue weighted by Crippen LogP contribution is 2.29. The fourth-order valence-electron chi connectivity index (χ4n) is 1.43. The summed E-state index contributed by atoms with van der Waals surface area (Å²) in [7, 11) is -6.46. The monoisotopic (exact) mass is 227 g/mol. The number of hydrogen-bond acceptors (Lipinski definition) is 5. The predicted molar refractivity (Wildman–Crippen MR) is 50.0 cm³/mol. The maximum Gasteiger partial charge on any atom is 0.605 e. The second kappa shape index (κ2) is 3.06. The van der Waals surface area contributed by atoms with Crippen LogP contribution in [0.4, 0.5) is 0 Å². The fourth-order valence-corrected chi connectivity index (χ4v) is 2.89. The van der Waals surface area contributed by atoms with Gasteiger partial charge in [0.25, 0.3) is 15.9 Å². The highest BCUT2D eigenvalue weighted by atomic mass is 32.2. The number of benzene rings is 1. The molecule has 0 aliphatic carbocycles. The summed E-state index contributed by atoms with van der Waals surface area (Å²) < 4.78 is 23.3. The molecule has 0 unspecified atom stereocenters. The van der Waals surface area contributed by atoms with E-state index in [1.54, 1.807) is 0 Å². The Hall–Kier alpha value is -1.38. The van der Waals surface area contributed by atoms with Gasteiger partial charge in [-0.05, 0) is 12.1 Å². The van der Waals surface area contributed by atoms with Gasteiger partial charge >= 0.3 is 7.25 Å². The van der Waals surface area contributed by atoms with Crippen LogP contribution in [0.5, 0.6) is 0 Å². The summed E-state index contributed by atoms with van der Waals surface area (Å²) in [6.07, 6.45) is 0. The zero-order chi connectivity index (χ0) is 11.2. The summed E-state index contributed by atoms with van der Waals surface area (Å²) in [6.45, 7) is 0. The molecule has 78 valence electrons. The normalized spacial score (nSPS) is 17.7. The molecule has 0 spiro atoms. The third-order valence-electron chi connectivity index (χ3n) is 2.06. The molecule has 0 saturated carbocycles. The molecule has 1 aromatic rings. The summed E-state index contributed by atoms with van der Waals surface area (Å²) in [5, 5.41) is 17.6. The number of nitrogens with zero attached hydrogens (tertiary/aromatic N) is 1. The molecule has 1 aliphatic heterocycles. The SMILES string of the molecule is O=C1c2ccccc2S(=O)(=O)N1B(O)O. The van der Waals surface area contributed by atoms with E-state index in [-0.39, 0.29) is 14.7 Å². The van der Waals surface area contributed by atoms with E-state index in [2.05, 4.69) is 0 Å². The van der Waals surface area contributed by atoms with Crippen molar-refractivity contribution in [2.75, 3.05) is 0 Å². The number of fused-ring (bicyclic) bond motifs is 1. The number of amides is 1. The van der Waals surface area contributed by atoms with Crippen LogP contribution in [0.15, 0.2) is 29.2 Å². The minimum atomic E-state index is -4.11. The van der Waals surface area contributed by atoms with Gasteiger partial charge in [-0.25, -0.2) is 12.6 Å². The maximum atomic E-state index is 11.6. The Bertz CT molecular complexity index is 526. The minimum absolute atomic E-state index is 0.0394. The van der Waals surface area contributed by atoms with E-state index in [9.17, 15) is 13.2 Å². The topological polar surface area (TPSA) is 94.9 Å². The van der Waals surface area contributed by atoms with E-state index in [0.29, 0.717) is 0 Å². The highest BCUT2D eigenvalue weighted by Gasteiger charge is 2.46. The van der Waals surface area contributed by atoms with Gasteiger partial charge in [0.2, 0.25) is 0 Å². The Kier molecular flexibility index (Phi) is 2.07. The first-order chi connectivity index (χ1) is 6.96. The van der Waals surface area contributed by atoms with Crippen LogP contribution in [0, 0.1) is 0 Å². The van der Waals surface area contributed by atoms with Crippen molar-refractivity contribution < 1.29 is 23.3 Å². The van der Waals surface area contributed by atoms with Crippen molar-refractivity contribution in [3.05, 3.63) is 29.8 Å². The summed E-state index contributed by atoms with van der Waals surface area (Å²) in [6, 6.07) is 5.51. The van der Waals surface area contributed by atoms with E-state index in [1.807, 2.05) is 0 Å². The van der Waals surface area contributed by atoms with Gasteiger partial charge in [0.05, 0.1) is 10.5 Å². The maximum absolute atomic E-state index is 11.6. The van der Waals surface area contributed by atoms with Crippen LogP contribution in [0.2, 0.25) is 0 Å². The number of hydrogen-bond donors (Lipinski definition) is 2. The molecular formula is C7H6BNO5S. The first kappa shape index (κ1) is 10.2. The van der Waals surface area contributed by atoms with Gasteiger partial charge in [0.15, 0.2) is 0 Å². The van der Waals surface area contributed by atoms with E-state index < -0.39 is 23.2 Å². The molecule has 6 nitrogen and oxygen atoms in total. The van der Waals surface area contributed by atoms with Crippen molar-refractivity contribution in [1.82, 2.24) is 4.22 Å². The van der Waals surface area contributed by atoms with Crippen molar-refractivity contribution in [3.63, 3.8) is 0 Å². The number of rotatable bonds is 1. The molecule has 0 fully saturated rings. The average Bonchev–Trinajstić information content (AvgIpc) is 2.36. The molecule has 2 rings (SSSR count). The van der Waals surface area contributed by atoms with Crippen LogP contribution in [0.1, 0.15) is 10.4 Å². The lowest BCUT2D eigenvalue weighted by molar-refractivity contribution is 0.0902. The van der Waals surface area contributed by atoms with Crippen LogP contribution >= 0.6 is 0 Å². The molecular weight excluding hydrogens is 221 g/mol. The zero-order valence-electron chi connectivity index (χ0n) is 7.36. The Balaban J connectivity index is 2.71. The van der Waals surface area contributed by atoms with Crippen LogP contribution in [-0.4, -0.2) is 35.8 Å². The van der Waals surface area contributed by atoms with Crippen molar-refractivity contribution in [2.45, 2.75) is 4.90 Å². The summed E-state index contributed by atoms with van der Waals surface area (Å²) >= 11 is 0. The van der Waals surface area contributed by atoms with Gasteiger partial charge in [0, 0.05) is 0 Å². The van der Waals surface area contributed by atoms with E-state index in [4.69, 9.17) is 10.0 Å². The number of sulfonamides is 1. The Morgan fingerprint density at radius 2 is 1.80 bits per heavy atom. The van der Waals surface area contributed by atoms with Gasteiger partial charge in [-0.2, -0.15) is 0 Å². The molecule has 0 saturated heterocycles. The summed E-state index contributed by atoms with van der Waals surface area (Å²) in [4.78, 5) is 11.3. The highest BCUT2D eigenvalue weighted by molar-refractivity contribution is 7.91. The summed E-state index contributed by atoms with van der Waals surface area (Å²) in [5.74, 6) is -0.930. The van der Waals surface area contributed by atoms with E-state index >= 15 is 0 Å². The van der Waals surface area contributed by atoms with Gasteiger partial charge in [0.1, 0.15) is 0 Å². The predicted octanol–water partition coefficient (Wildman–Crippen LogP) is -1.20. The summed E-state index contributed by atoms with van der Waals surface area (Å²) in [5.41, 5.74) is -0.0504. The molecule has 2 N–H and O–H groups in total. The zero-order valence-corrected chi connectivity index (χ0v) is 8.18. The average molecular weight is 227 g/mol. The number of carbonyl (C=O) groups is 1. The third kappa shape index (κ3) is 1.26. The Morgan fingerprint density at radius 3 is 2.33 bits per heavy atom. The quantitative estimate of drug-likeness (QED) is 0.587. The van der Waals surface area contributed by atoms with E-state index in [1.165, 1.54) is 24.3 Å². The van der Waals surface area contributed by atoms with Gasteiger partial charge in [-0.3, -0.25) is 4.79 Å². The number of carbonyl (C=O) groups excluding carboxylic acids is 1. The molecule has 1 aliphatic rings. The van der Waals surface area contributed by atoms with Crippen molar-refractivity contribution in [3.8, 4) is 0 Å². The van der Waals surface area contributed by atoms with Gasteiger partial charge in [-0.1, -0.05) is 12.1 Å². The molecule has 15 heavy (non-hydrogen) atoms. The standard InChI is InChI=1S/C7H6BNO5S/c10-7-5-3-1-2-4-6(5)15(13,14)9(7)8(11)12/h1-4,11-12H. The lowest BCUT2D eigenvalue weighted by Crippen LogP contribution is -2.43. The van der Waals surface area contributed by atoms with Gasteiger partial charge < -0.3 is 10.0 Å². The molecule has 8 heteroatoms. The molecule has 1 heterocycles. The lowest BCUT2D eigenvalue weighted by Gasteiger charge is -2.12. The third-order valence-corrected chi connectivity index (χ3v) is 3.85. The molecule has 0 radical (unpaired) electrons. The van der Waals surface area contributed by atoms with Crippen molar-refractivity contribution in [2.24, 2.45) is 0 Å².